The number of aromatic nitrogens is 3. The molecule has 0 saturated heterocycles. The lowest BCUT2D eigenvalue weighted by atomic mass is 10.1. The van der Waals surface area contributed by atoms with Crippen LogP contribution in [0.2, 0.25) is 0 Å². The van der Waals surface area contributed by atoms with Gasteiger partial charge in [0.2, 0.25) is 5.91 Å². The summed E-state index contributed by atoms with van der Waals surface area (Å²) < 4.78 is 1.62. The summed E-state index contributed by atoms with van der Waals surface area (Å²) in [5.74, 6) is -0.0644. The maximum Gasteiger partial charge on any atom is 0.226 e. The molecule has 0 radical (unpaired) electrons. The van der Waals surface area contributed by atoms with Crippen molar-refractivity contribution in [3.8, 4) is 0 Å². The molecule has 2 N–H and O–H groups in total. The number of hydrogen-bond donors (Lipinski definition) is 2. The normalized spacial score (nSPS) is 10.4. The lowest BCUT2D eigenvalue weighted by Crippen LogP contribution is -2.14. The molecule has 0 aliphatic heterocycles. The molecule has 100 valence electrons. The van der Waals surface area contributed by atoms with Gasteiger partial charge in [0.05, 0.1) is 6.54 Å². The van der Waals surface area contributed by atoms with Gasteiger partial charge in [0.25, 0.3) is 0 Å². The standard InChI is InChI=1S/C13H16N4O2/c18-8-6-11-1-3-12(4-2-11)16-13(19)5-7-17-10-14-9-15-17/h1-4,9-10,18H,5-8H2,(H,16,19). The van der Waals surface area contributed by atoms with E-state index in [0.717, 1.165) is 11.3 Å². The first kappa shape index (κ1) is 13.2. The van der Waals surface area contributed by atoms with E-state index in [1.165, 1.54) is 6.33 Å². The molecule has 0 aliphatic rings. The SMILES string of the molecule is O=C(CCn1cncn1)Nc1ccc(CCO)cc1. The van der Waals surface area contributed by atoms with Crippen LogP contribution in [0.25, 0.3) is 0 Å². The average molecular weight is 260 g/mol. The zero-order valence-electron chi connectivity index (χ0n) is 10.5. The molecule has 0 spiro atoms. The number of aryl methyl sites for hydroxylation is 1. The highest BCUT2D eigenvalue weighted by Crippen LogP contribution is 2.10. The number of nitrogens with zero attached hydrogens (tertiary/aromatic N) is 3. The highest BCUT2D eigenvalue weighted by Gasteiger charge is 2.03. The van der Waals surface area contributed by atoms with Crippen molar-refractivity contribution in [1.29, 1.82) is 0 Å². The van der Waals surface area contributed by atoms with Crippen LogP contribution in [0.3, 0.4) is 0 Å². The van der Waals surface area contributed by atoms with Gasteiger partial charge in [0.15, 0.2) is 0 Å². The first-order valence-corrected chi connectivity index (χ1v) is 6.10. The lowest BCUT2D eigenvalue weighted by molar-refractivity contribution is -0.116. The highest BCUT2D eigenvalue weighted by atomic mass is 16.2. The Kier molecular flexibility index (Phi) is 4.63. The van der Waals surface area contributed by atoms with Crippen molar-refractivity contribution in [2.24, 2.45) is 0 Å². The Labute approximate surface area is 111 Å². The van der Waals surface area contributed by atoms with Gasteiger partial charge < -0.3 is 10.4 Å². The highest BCUT2D eigenvalue weighted by molar-refractivity contribution is 5.90. The maximum atomic E-state index is 11.7. The number of anilines is 1. The molecule has 1 aromatic carbocycles. The Morgan fingerprint density at radius 2 is 2.11 bits per heavy atom. The van der Waals surface area contributed by atoms with E-state index in [9.17, 15) is 4.79 Å². The molecule has 0 aliphatic carbocycles. The monoisotopic (exact) mass is 260 g/mol. The molecule has 0 unspecified atom stereocenters. The van der Waals surface area contributed by atoms with Crippen LogP contribution in [0.4, 0.5) is 5.69 Å². The van der Waals surface area contributed by atoms with Crippen molar-refractivity contribution < 1.29 is 9.90 Å². The first-order chi connectivity index (χ1) is 9.28. The maximum absolute atomic E-state index is 11.7. The molecule has 2 rings (SSSR count). The molecule has 2 aromatic rings. The van der Waals surface area contributed by atoms with Crippen LogP contribution in [0, 0.1) is 0 Å². The quantitative estimate of drug-likeness (QED) is 0.806. The van der Waals surface area contributed by atoms with E-state index in [4.69, 9.17) is 5.11 Å². The van der Waals surface area contributed by atoms with Gasteiger partial charge in [-0.25, -0.2) is 4.98 Å². The fraction of sp³-hybridized carbons (Fsp3) is 0.308. The van der Waals surface area contributed by atoms with E-state index in [-0.39, 0.29) is 12.5 Å². The van der Waals surface area contributed by atoms with E-state index in [2.05, 4.69) is 15.4 Å². The van der Waals surface area contributed by atoms with Gasteiger partial charge in [-0.15, -0.1) is 0 Å². The summed E-state index contributed by atoms with van der Waals surface area (Å²) in [5.41, 5.74) is 1.80. The summed E-state index contributed by atoms with van der Waals surface area (Å²) in [6, 6.07) is 7.45. The molecular formula is C13H16N4O2. The Bertz CT molecular complexity index is 508. The number of amides is 1. The van der Waals surface area contributed by atoms with Gasteiger partial charge in [0, 0.05) is 18.7 Å². The number of nitrogens with one attached hydrogen (secondary N) is 1. The minimum Gasteiger partial charge on any atom is -0.396 e. The Morgan fingerprint density at radius 1 is 1.32 bits per heavy atom. The number of carbonyl (C=O) groups excluding carboxylic acids is 1. The second kappa shape index (κ2) is 6.65. The molecule has 1 amide bonds. The average Bonchev–Trinajstić information content (AvgIpc) is 2.92. The number of rotatable bonds is 6. The van der Waals surface area contributed by atoms with Crippen molar-refractivity contribution in [3.05, 3.63) is 42.5 Å². The topological polar surface area (TPSA) is 80.0 Å². The predicted octanol–water partition coefficient (Wildman–Crippen LogP) is 0.842. The van der Waals surface area contributed by atoms with Crippen LogP contribution < -0.4 is 5.32 Å². The Morgan fingerprint density at radius 3 is 2.74 bits per heavy atom. The second-order valence-electron chi connectivity index (χ2n) is 4.13. The van der Waals surface area contributed by atoms with E-state index in [1.807, 2.05) is 24.3 Å². The minimum atomic E-state index is -0.0644. The van der Waals surface area contributed by atoms with E-state index < -0.39 is 0 Å². The van der Waals surface area contributed by atoms with Crippen LogP contribution >= 0.6 is 0 Å². The fourth-order valence-corrected chi connectivity index (χ4v) is 1.67. The number of carbonyl (C=O) groups is 1. The third-order valence-corrected chi connectivity index (χ3v) is 2.67. The molecular weight excluding hydrogens is 244 g/mol. The van der Waals surface area contributed by atoms with E-state index in [0.29, 0.717) is 19.4 Å². The largest absolute Gasteiger partial charge is 0.396 e. The van der Waals surface area contributed by atoms with Gasteiger partial charge in [-0.1, -0.05) is 12.1 Å². The zero-order chi connectivity index (χ0) is 13.5. The minimum absolute atomic E-state index is 0.0644. The molecule has 1 heterocycles. The van der Waals surface area contributed by atoms with Crippen molar-refractivity contribution in [2.75, 3.05) is 11.9 Å². The van der Waals surface area contributed by atoms with E-state index >= 15 is 0 Å². The smallest absolute Gasteiger partial charge is 0.226 e. The number of aliphatic hydroxyl groups excluding tert-OH is 1. The summed E-state index contributed by atoms with van der Waals surface area (Å²) in [6.45, 7) is 0.637. The molecule has 6 heteroatoms. The molecule has 19 heavy (non-hydrogen) atoms. The molecule has 1 aromatic heterocycles. The van der Waals surface area contributed by atoms with Crippen molar-refractivity contribution in [2.45, 2.75) is 19.4 Å². The van der Waals surface area contributed by atoms with Gasteiger partial charge in [-0.3, -0.25) is 9.48 Å². The zero-order valence-corrected chi connectivity index (χ0v) is 10.5. The van der Waals surface area contributed by atoms with Crippen LogP contribution in [0.1, 0.15) is 12.0 Å². The summed E-state index contributed by atoms with van der Waals surface area (Å²) in [7, 11) is 0. The Balaban J connectivity index is 1.81. The lowest BCUT2D eigenvalue weighted by Gasteiger charge is -2.06. The number of benzene rings is 1. The van der Waals surface area contributed by atoms with Crippen molar-refractivity contribution in [3.63, 3.8) is 0 Å². The third-order valence-electron chi connectivity index (χ3n) is 2.67. The van der Waals surface area contributed by atoms with Crippen molar-refractivity contribution in [1.82, 2.24) is 14.8 Å². The summed E-state index contributed by atoms with van der Waals surface area (Å²) in [5, 5.41) is 15.6. The van der Waals surface area contributed by atoms with E-state index in [1.54, 1.807) is 11.0 Å². The van der Waals surface area contributed by atoms with Crippen LogP contribution in [0.5, 0.6) is 0 Å². The van der Waals surface area contributed by atoms with Gasteiger partial charge in [0.1, 0.15) is 12.7 Å². The van der Waals surface area contributed by atoms with Crippen molar-refractivity contribution >= 4 is 11.6 Å². The van der Waals surface area contributed by atoms with Gasteiger partial charge in [-0.05, 0) is 24.1 Å². The second-order valence-corrected chi connectivity index (χ2v) is 4.13. The molecule has 0 saturated carbocycles. The van der Waals surface area contributed by atoms with Gasteiger partial charge in [-0.2, -0.15) is 5.10 Å². The Hall–Kier alpha value is -2.21. The van der Waals surface area contributed by atoms with Crippen LogP contribution in [0.15, 0.2) is 36.9 Å². The summed E-state index contributed by atoms with van der Waals surface area (Å²) in [4.78, 5) is 15.5. The summed E-state index contributed by atoms with van der Waals surface area (Å²) >= 11 is 0. The molecule has 0 atom stereocenters. The number of aliphatic hydroxyl groups is 1. The molecule has 0 bridgehead atoms. The van der Waals surface area contributed by atoms with Crippen LogP contribution in [-0.2, 0) is 17.8 Å². The van der Waals surface area contributed by atoms with Crippen LogP contribution in [-0.4, -0.2) is 32.4 Å². The fourth-order valence-electron chi connectivity index (χ4n) is 1.67. The first-order valence-electron chi connectivity index (χ1n) is 6.10. The summed E-state index contributed by atoms with van der Waals surface area (Å²) in [6.07, 6.45) is 4.00. The number of hydrogen-bond acceptors (Lipinski definition) is 4. The molecule has 0 fully saturated rings. The van der Waals surface area contributed by atoms with Gasteiger partial charge >= 0.3 is 0 Å². The predicted molar refractivity (Wildman–Crippen MR) is 70.5 cm³/mol. The molecule has 6 nitrogen and oxygen atoms in total. The third kappa shape index (κ3) is 4.18.